The summed E-state index contributed by atoms with van der Waals surface area (Å²) in [5, 5.41) is 8.68. The van der Waals surface area contributed by atoms with E-state index in [1.165, 1.54) is 0 Å². The number of rotatable bonds is 5. The highest BCUT2D eigenvalue weighted by Gasteiger charge is 2.10. The molecule has 5 nitrogen and oxygen atoms in total. The summed E-state index contributed by atoms with van der Waals surface area (Å²) < 4.78 is 0. The van der Waals surface area contributed by atoms with Crippen LogP contribution >= 0.6 is 0 Å². The lowest BCUT2D eigenvalue weighted by Gasteiger charge is -2.19. The molecule has 0 aliphatic carbocycles. The zero-order chi connectivity index (χ0) is 10.4. The summed E-state index contributed by atoms with van der Waals surface area (Å²) in [5.74, 6) is -0.249. The highest BCUT2D eigenvalue weighted by molar-refractivity contribution is 5.72. The number of hydrogen-bond donors (Lipinski definition) is 1. The Kier molecular flexibility index (Phi) is 3.84. The highest BCUT2D eigenvalue weighted by Crippen LogP contribution is 2.07. The van der Waals surface area contributed by atoms with Crippen LogP contribution in [-0.4, -0.2) is 34.1 Å². The van der Waals surface area contributed by atoms with Gasteiger partial charge in [-0.15, -0.1) is 0 Å². The average molecular weight is 195 g/mol. The standard InChI is InChI=1S/C9H13N3O2/c1-2-5-12(7-9(13)14)8-6-10-3-4-11-8/h3-4,6H,2,5,7H2,1H3,(H,13,14). The summed E-state index contributed by atoms with van der Waals surface area (Å²) in [6, 6.07) is 0. The number of nitrogens with zero attached hydrogens (tertiary/aromatic N) is 3. The maximum absolute atomic E-state index is 10.6. The summed E-state index contributed by atoms with van der Waals surface area (Å²) in [5.41, 5.74) is 0. The third kappa shape index (κ3) is 3.01. The zero-order valence-corrected chi connectivity index (χ0v) is 8.05. The molecule has 0 atom stereocenters. The van der Waals surface area contributed by atoms with Crippen LogP contribution in [0.3, 0.4) is 0 Å². The van der Waals surface area contributed by atoms with Gasteiger partial charge in [0.25, 0.3) is 0 Å². The molecule has 1 rings (SSSR count). The van der Waals surface area contributed by atoms with Crippen molar-refractivity contribution in [1.82, 2.24) is 9.97 Å². The van der Waals surface area contributed by atoms with Crippen molar-refractivity contribution in [3.05, 3.63) is 18.6 Å². The topological polar surface area (TPSA) is 66.3 Å². The molecular formula is C9H13N3O2. The van der Waals surface area contributed by atoms with Gasteiger partial charge < -0.3 is 10.0 Å². The predicted octanol–water partition coefficient (Wildman–Crippen LogP) is 0.778. The van der Waals surface area contributed by atoms with E-state index in [1.807, 2.05) is 6.92 Å². The lowest BCUT2D eigenvalue weighted by Crippen LogP contribution is -2.31. The molecule has 1 aromatic heterocycles. The second-order valence-corrected chi connectivity index (χ2v) is 2.88. The van der Waals surface area contributed by atoms with Crippen LogP contribution in [0, 0.1) is 0 Å². The predicted molar refractivity (Wildman–Crippen MR) is 52.2 cm³/mol. The van der Waals surface area contributed by atoms with E-state index in [0.717, 1.165) is 6.42 Å². The third-order valence-electron chi connectivity index (χ3n) is 1.69. The molecule has 0 radical (unpaired) electrons. The Morgan fingerprint density at radius 1 is 1.57 bits per heavy atom. The number of aliphatic carboxylic acids is 1. The average Bonchev–Trinajstić information content (AvgIpc) is 2.18. The molecule has 0 fully saturated rings. The SMILES string of the molecule is CCCN(CC(=O)O)c1cnccn1. The third-order valence-corrected chi connectivity index (χ3v) is 1.69. The van der Waals surface area contributed by atoms with Crippen molar-refractivity contribution in [3.8, 4) is 0 Å². The lowest BCUT2D eigenvalue weighted by molar-refractivity contribution is -0.135. The molecule has 0 amide bonds. The van der Waals surface area contributed by atoms with Gasteiger partial charge in [0.15, 0.2) is 0 Å². The minimum Gasteiger partial charge on any atom is -0.480 e. The van der Waals surface area contributed by atoms with Crippen molar-refractivity contribution in [1.29, 1.82) is 0 Å². The van der Waals surface area contributed by atoms with Gasteiger partial charge in [0.05, 0.1) is 6.20 Å². The van der Waals surface area contributed by atoms with Crippen molar-refractivity contribution >= 4 is 11.8 Å². The van der Waals surface area contributed by atoms with Gasteiger partial charge in [-0.2, -0.15) is 0 Å². The first-order valence-electron chi connectivity index (χ1n) is 4.46. The van der Waals surface area contributed by atoms with Crippen molar-refractivity contribution in [2.24, 2.45) is 0 Å². The second-order valence-electron chi connectivity index (χ2n) is 2.88. The smallest absolute Gasteiger partial charge is 0.323 e. The fourth-order valence-corrected chi connectivity index (χ4v) is 1.16. The second kappa shape index (κ2) is 5.16. The van der Waals surface area contributed by atoms with E-state index < -0.39 is 5.97 Å². The fraction of sp³-hybridized carbons (Fsp3) is 0.444. The molecule has 0 unspecified atom stereocenters. The van der Waals surface area contributed by atoms with E-state index in [4.69, 9.17) is 5.11 Å². The van der Waals surface area contributed by atoms with Gasteiger partial charge >= 0.3 is 5.97 Å². The summed E-state index contributed by atoms with van der Waals surface area (Å²) in [4.78, 5) is 20.2. The van der Waals surface area contributed by atoms with E-state index >= 15 is 0 Å². The van der Waals surface area contributed by atoms with E-state index in [2.05, 4.69) is 9.97 Å². The van der Waals surface area contributed by atoms with Crippen LogP contribution in [0.15, 0.2) is 18.6 Å². The highest BCUT2D eigenvalue weighted by atomic mass is 16.4. The molecular weight excluding hydrogens is 182 g/mol. The van der Waals surface area contributed by atoms with Crippen molar-refractivity contribution in [2.75, 3.05) is 18.0 Å². The van der Waals surface area contributed by atoms with Crippen molar-refractivity contribution < 1.29 is 9.90 Å². The number of aromatic nitrogens is 2. The molecule has 0 aliphatic rings. The van der Waals surface area contributed by atoms with Crippen LogP contribution in [0.5, 0.6) is 0 Å². The molecule has 1 N–H and O–H groups in total. The van der Waals surface area contributed by atoms with Crippen LogP contribution in [-0.2, 0) is 4.79 Å². The van der Waals surface area contributed by atoms with Crippen LogP contribution in [0.4, 0.5) is 5.82 Å². The first kappa shape index (κ1) is 10.4. The Bertz CT molecular complexity index is 289. The fourth-order valence-electron chi connectivity index (χ4n) is 1.16. The first-order valence-corrected chi connectivity index (χ1v) is 4.46. The number of carbonyl (C=O) groups is 1. The van der Waals surface area contributed by atoms with Crippen LogP contribution < -0.4 is 4.90 Å². The van der Waals surface area contributed by atoms with E-state index in [1.54, 1.807) is 23.5 Å². The Balaban J connectivity index is 2.72. The van der Waals surface area contributed by atoms with Gasteiger partial charge in [-0.1, -0.05) is 6.92 Å². The van der Waals surface area contributed by atoms with Crippen LogP contribution in [0.25, 0.3) is 0 Å². The maximum atomic E-state index is 10.6. The molecule has 5 heteroatoms. The Morgan fingerprint density at radius 2 is 2.36 bits per heavy atom. The van der Waals surface area contributed by atoms with Gasteiger partial charge in [-0.25, -0.2) is 4.98 Å². The molecule has 0 bridgehead atoms. The molecule has 0 aromatic carbocycles. The number of anilines is 1. The van der Waals surface area contributed by atoms with Gasteiger partial charge in [0.2, 0.25) is 0 Å². The van der Waals surface area contributed by atoms with Crippen LogP contribution in [0.1, 0.15) is 13.3 Å². The van der Waals surface area contributed by atoms with Crippen molar-refractivity contribution in [3.63, 3.8) is 0 Å². The summed E-state index contributed by atoms with van der Waals surface area (Å²) >= 11 is 0. The van der Waals surface area contributed by atoms with Gasteiger partial charge in [-0.3, -0.25) is 9.78 Å². The molecule has 14 heavy (non-hydrogen) atoms. The number of hydrogen-bond acceptors (Lipinski definition) is 4. The molecule has 1 aromatic rings. The summed E-state index contributed by atoms with van der Waals surface area (Å²) in [7, 11) is 0. The van der Waals surface area contributed by atoms with Gasteiger partial charge in [0.1, 0.15) is 12.4 Å². The molecule has 76 valence electrons. The summed E-state index contributed by atoms with van der Waals surface area (Å²) in [6.45, 7) is 2.63. The summed E-state index contributed by atoms with van der Waals surface area (Å²) in [6.07, 6.45) is 5.57. The quantitative estimate of drug-likeness (QED) is 0.752. The van der Waals surface area contributed by atoms with Crippen LogP contribution in [0.2, 0.25) is 0 Å². The Morgan fingerprint density at radius 3 is 2.86 bits per heavy atom. The van der Waals surface area contributed by atoms with E-state index in [9.17, 15) is 4.79 Å². The number of carboxylic acids is 1. The lowest BCUT2D eigenvalue weighted by atomic mass is 10.4. The molecule has 1 heterocycles. The first-order chi connectivity index (χ1) is 6.74. The molecule has 0 saturated carbocycles. The molecule has 0 spiro atoms. The Hall–Kier alpha value is -1.65. The molecule has 0 saturated heterocycles. The largest absolute Gasteiger partial charge is 0.480 e. The maximum Gasteiger partial charge on any atom is 0.323 e. The zero-order valence-electron chi connectivity index (χ0n) is 8.05. The minimum atomic E-state index is -0.857. The van der Waals surface area contributed by atoms with E-state index in [-0.39, 0.29) is 6.54 Å². The Labute approximate surface area is 82.4 Å². The minimum absolute atomic E-state index is 0.0352. The van der Waals surface area contributed by atoms with Gasteiger partial charge in [0, 0.05) is 18.9 Å². The number of carboxylic acid groups (broad SMARTS) is 1. The monoisotopic (exact) mass is 195 g/mol. The van der Waals surface area contributed by atoms with Crippen molar-refractivity contribution in [2.45, 2.75) is 13.3 Å². The molecule has 0 aliphatic heterocycles. The van der Waals surface area contributed by atoms with E-state index in [0.29, 0.717) is 12.4 Å². The normalized spacial score (nSPS) is 9.79. The van der Waals surface area contributed by atoms with Gasteiger partial charge in [-0.05, 0) is 6.42 Å².